The lowest BCUT2D eigenvalue weighted by Gasteiger charge is -2.21. The van der Waals surface area contributed by atoms with Crippen molar-refractivity contribution in [1.29, 1.82) is 0 Å². The van der Waals surface area contributed by atoms with Gasteiger partial charge < -0.3 is 33.8 Å². The van der Waals surface area contributed by atoms with E-state index < -0.39 is 97.5 Å². The Labute approximate surface area is 511 Å². The molecule has 498 valence electrons. The number of carbonyl (C=O) groups excluding carboxylic acids is 4. The van der Waals surface area contributed by atoms with Gasteiger partial charge in [-0.1, -0.05) is 279 Å². The molecule has 0 spiro atoms. The van der Waals surface area contributed by atoms with E-state index in [-0.39, 0.29) is 25.7 Å². The van der Waals surface area contributed by atoms with E-state index in [0.29, 0.717) is 25.7 Å². The van der Waals surface area contributed by atoms with Crippen molar-refractivity contribution in [3.63, 3.8) is 0 Å². The van der Waals surface area contributed by atoms with Gasteiger partial charge in [0.1, 0.15) is 19.3 Å². The van der Waals surface area contributed by atoms with Crippen molar-refractivity contribution in [1.82, 2.24) is 0 Å². The van der Waals surface area contributed by atoms with E-state index in [1.54, 1.807) is 0 Å². The maximum absolute atomic E-state index is 13.0. The summed E-state index contributed by atoms with van der Waals surface area (Å²) in [6.45, 7) is 7.18. The molecule has 17 nitrogen and oxygen atoms in total. The standard InChI is InChI=1S/C65H126O17P2/c1-6-9-12-15-18-21-30-34-39-44-49-63(68)76-55-61(82-65(70)51-46-41-36-31-26-24-22-23-25-29-32-37-42-47-58(4)5)57-80-84(73,74)78-53-59(66)52-77-83(71,72)79-56-60(81-64(69)50-45-40-35-28-20-17-14-11-8-3)54-75-62(67)48-43-38-33-27-19-16-13-10-7-2/h58-61,66H,6-57H2,1-5H3,(H,71,72)(H,73,74)/t59-,60+,61+/m0/s1. The molecule has 2 unspecified atom stereocenters. The lowest BCUT2D eigenvalue weighted by molar-refractivity contribution is -0.161. The van der Waals surface area contributed by atoms with Gasteiger partial charge in [0.05, 0.1) is 26.4 Å². The van der Waals surface area contributed by atoms with Crippen LogP contribution in [0.5, 0.6) is 0 Å². The van der Waals surface area contributed by atoms with Crippen LogP contribution in [0.15, 0.2) is 0 Å². The Hall–Kier alpha value is -1.94. The third kappa shape index (κ3) is 59.0. The fraction of sp³-hybridized carbons (Fsp3) is 0.938. The van der Waals surface area contributed by atoms with Crippen LogP contribution in [0.1, 0.15) is 330 Å². The first-order valence-electron chi connectivity index (χ1n) is 34.1. The highest BCUT2D eigenvalue weighted by Crippen LogP contribution is 2.45. The summed E-state index contributed by atoms with van der Waals surface area (Å²) in [6.07, 6.45) is 43.0. The Balaban J connectivity index is 5.20. The summed E-state index contributed by atoms with van der Waals surface area (Å²) in [5, 5.41) is 10.5. The Morgan fingerprint density at radius 2 is 0.548 bits per heavy atom. The molecule has 5 atom stereocenters. The molecule has 0 bridgehead atoms. The van der Waals surface area contributed by atoms with Crippen LogP contribution < -0.4 is 0 Å². The molecule has 0 radical (unpaired) electrons. The maximum Gasteiger partial charge on any atom is 0.472 e. The Kier molecular flexibility index (Phi) is 57.4. The second-order valence-corrected chi connectivity index (χ2v) is 26.9. The molecule has 0 heterocycles. The summed E-state index contributed by atoms with van der Waals surface area (Å²) < 4.78 is 68.0. The summed E-state index contributed by atoms with van der Waals surface area (Å²) in [5.74, 6) is -1.35. The first-order chi connectivity index (χ1) is 40.5. The zero-order valence-electron chi connectivity index (χ0n) is 54.0. The van der Waals surface area contributed by atoms with E-state index in [1.165, 1.54) is 154 Å². The summed E-state index contributed by atoms with van der Waals surface area (Å²) in [5.41, 5.74) is 0. The fourth-order valence-electron chi connectivity index (χ4n) is 9.76. The first-order valence-corrected chi connectivity index (χ1v) is 37.1. The molecular formula is C65H126O17P2. The van der Waals surface area contributed by atoms with Gasteiger partial charge in [-0.05, 0) is 31.6 Å². The molecule has 0 aromatic rings. The highest BCUT2D eigenvalue weighted by atomic mass is 31.2. The average molecular weight is 1240 g/mol. The monoisotopic (exact) mass is 1240 g/mol. The number of aliphatic hydroxyl groups is 1. The van der Waals surface area contributed by atoms with Gasteiger partial charge in [0.2, 0.25) is 0 Å². The third-order valence-corrected chi connectivity index (χ3v) is 16.9. The van der Waals surface area contributed by atoms with Gasteiger partial charge in [-0.25, -0.2) is 9.13 Å². The van der Waals surface area contributed by atoms with Gasteiger partial charge in [-0.3, -0.25) is 37.3 Å². The zero-order chi connectivity index (χ0) is 62.0. The van der Waals surface area contributed by atoms with Crippen LogP contribution in [-0.2, 0) is 65.4 Å². The number of unbranched alkanes of at least 4 members (excludes halogenated alkanes) is 37. The van der Waals surface area contributed by atoms with Gasteiger partial charge in [0, 0.05) is 25.7 Å². The normalized spacial score (nSPS) is 14.2. The second-order valence-electron chi connectivity index (χ2n) is 24.0. The minimum absolute atomic E-state index is 0.106. The predicted molar refractivity (Wildman–Crippen MR) is 335 cm³/mol. The van der Waals surface area contributed by atoms with Gasteiger partial charge >= 0.3 is 39.5 Å². The minimum atomic E-state index is -4.94. The smallest absolute Gasteiger partial charge is 0.462 e. The summed E-state index contributed by atoms with van der Waals surface area (Å²) >= 11 is 0. The number of carbonyl (C=O) groups is 4. The number of aliphatic hydroxyl groups excluding tert-OH is 1. The van der Waals surface area contributed by atoms with Crippen LogP contribution in [0.3, 0.4) is 0 Å². The van der Waals surface area contributed by atoms with Crippen LogP contribution in [0.4, 0.5) is 0 Å². The Morgan fingerprint density at radius 3 is 0.810 bits per heavy atom. The molecule has 0 saturated carbocycles. The highest BCUT2D eigenvalue weighted by molar-refractivity contribution is 7.47. The number of rotatable bonds is 65. The molecular weight excluding hydrogens is 1110 g/mol. The van der Waals surface area contributed by atoms with Gasteiger partial charge in [0.15, 0.2) is 12.2 Å². The number of hydrogen-bond acceptors (Lipinski definition) is 15. The molecule has 0 aliphatic heterocycles. The zero-order valence-corrected chi connectivity index (χ0v) is 55.8. The minimum Gasteiger partial charge on any atom is -0.462 e. The number of esters is 4. The maximum atomic E-state index is 13.0. The number of phosphoric acid groups is 2. The molecule has 0 fully saturated rings. The van der Waals surface area contributed by atoms with Crippen molar-refractivity contribution < 1.29 is 80.2 Å². The van der Waals surface area contributed by atoms with Crippen LogP contribution in [0.2, 0.25) is 0 Å². The molecule has 0 aliphatic carbocycles. The molecule has 0 rings (SSSR count). The lowest BCUT2D eigenvalue weighted by atomic mass is 10.0. The van der Waals surface area contributed by atoms with Crippen molar-refractivity contribution in [2.24, 2.45) is 5.92 Å². The summed E-state index contributed by atoms with van der Waals surface area (Å²) in [4.78, 5) is 72.2. The number of phosphoric ester groups is 2. The van der Waals surface area contributed by atoms with E-state index in [0.717, 1.165) is 95.8 Å². The van der Waals surface area contributed by atoms with E-state index in [4.69, 9.17) is 37.0 Å². The number of ether oxygens (including phenoxy) is 4. The van der Waals surface area contributed by atoms with Crippen LogP contribution in [-0.4, -0.2) is 96.7 Å². The topological polar surface area (TPSA) is 237 Å². The predicted octanol–water partition coefficient (Wildman–Crippen LogP) is 18.2. The molecule has 84 heavy (non-hydrogen) atoms. The molecule has 3 N–H and O–H groups in total. The van der Waals surface area contributed by atoms with E-state index in [2.05, 4.69) is 34.6 Å². The molecule has 0 aliphatic rings. The molecule has 0 aromatic heterocycles. The largest absolute Gasteiger partial charge is 0.472 e. The van der Waals surface area contributed by atoms with Crippen molar-refractivity contribution >= 4 is 39.5 Å². The molecule has 19 heteroatoms. The van der Waals surface area contributed by atoms with E-state index in [1.807, 2.05) is 0 Å². The summed E-state index contributed by atoms with van der Waals surface area (Å²) in [7, 11) is -9.88. The van der Waals surface area contributed by atoms with E-state index in [9.17, 15) is 43.2 Å². The summed E-state index contributed by atoms with van der Waals surface area (Å²) in [6, 6.07) is 0. The molecule has 0 amide bonds. The Bertz CT molecular complexity index is 1640. The van der Waals surface area contributed by atoms with Crippen LogP contribution >= 0.6 is 15.6 Å². The SMILES string of the molecule is CCCCCCCCCCCCC(=O)OC[C@H](COP(=O)(O)OC[C@@H](O)COP(=O)(O)OC[C@@H](COC(=O)CCCCCCCCCCC)OC(=O)CCCCCCCCCCC)OC(=O)CCCCCCCCCCCCCCCC(C)C. The van der Waals surface area contributed by atoms with Crippen LogP contribution in [0, 0.1) is 5.92 Å². The van der Waals surface area contributed by atoms with Gasteiger partial charge in [0.25, 0.3) is 0 Å². The fourth-order valence-corrected chi connectivity index (χ4v) is 11.3. The second kappa shape index (κ2) is 58.7. The van der Waals surface area contributed by atoms with Gasteiger partial charge in [-0.15, -0.1) is 0 Å². The van der Waals surface area contributed by atoms with Gasteiger partial charge in [-0.2, -0.15) is 0 Å². The molecule has 0 aromatic carbocycles. The lowest BCUT2D eigenvalue weighted by Crippen LogP contribution is -2.30. The quantitative estimate of drug-likeness (QED) is 0.0222. The number of hydrogen-bond donors (Lipinski definition) is 3. The van der Waals surface area contributed by atoms with Crippen molar-refractivity contribution in [2.45, 2.75) is 348 Å². The van der Waals surface area contributed by atoms with Crippen molar-refractivity contribution in [3.05, 3.63) is 0 Å². The van der Waals surface area contributed by atoms with Crippen LogP contribution in [0.25, 0.3) is 0 Å². The molecule has 0 saturated heterocycles. The first kappa shape index (κ1) is 82.1. The van der Waals surface area contributed by atoms with E-state index >= 15 is 0 Å². The third-order valence-electron chi connectivity index (χ3n) is 15.0. The van der Waals surface area contributed by atoms with Crippen molar-refractivity contribution in [3.8, 4) is 0 Å². The average Bonchev–Trinajstić information content (AvgIpc) is 3.49. The highest BCUT2D eigenvalue weighted by Gasteiger charge is 2.30. The Morgan fingerprint density at radius 1 is 0.321 bits per heavy atom. The van der Waals surface area contributed by atoms with Crippen molar-refractivity contribution in [2.75, 3.05) is 39.6 Å².